The zero-order valence-electron chi connectivity index (χ0n) is 9.84. The molecule has 3 rings (SSSR count). The summed E-state index contributed by atoms with van der Waals surface area (Å²) in [6.07, 6.45) is 3.62. The van der Waals surface area contributed by atoms with Gasteiger partial charge in [-0.1, -0.05) is 36.5 Å². The van der Waals surface area contributed by atoms with E-state index in [-0.39, 0.29) is 0 Å². The van der Waals surface area contributed by atoms with Crippen LogP contribution < -0.4 is 0 Å². The summed E-state index contributed by atoms with van der Waals surface area (Å²) in [5, 5.41) is 9.34. The molecule has 0 spiro atoms. The van der Waals surface area contributed by atoms with Crippen LogP contribution in [0.5, 0.6) is 0 Å². The lowest BCUT2D eigenvalue weighted by Crippen LogP contribution is -1.93. The van der Waals surface area contributed by atoms with Crippen molar-refractivity contribution < 1.29 is 0 Å². The fourth-order valence-corrected chi connectivity index (χ4v) is 2.26. The lowest BCUT2D eigenvalue weighted by Gasteiger charge is -2.07. The number of aromatic amines is 1. The summed E-state index contributed by atoms with van der Waals surface area (Å²) in [7, 11) is 0. The van der Waals surface area contributed by atoms with E-state index in [2.05, 4.69) is 22.1 Å². The summed E-state index contributed by atoms with van der Waals surface area (Å²) in [6.45, 7) is 2.05. The summed E-state index contributed by atoms with van der Waals surface area (Å²) < 4.78 is 0.663. The molecule has 4 heteroatoms. The summed E-state index contributed by atoms with van der Waals surface area (Å²) in [6, 6.07) is 9.99. The highest BCUT2D eigenvalue weighted by atomic mass is 32.1. The zero-order valence-corrected chi connectivity index (χ0v) is 10.7. The van der Waals surface area contributed by atoms with Crippen molar-refractivity contribution in [1.29, 1.82) is 0 Å². The number of pyridine rings is 1. The number of hydrogen-bond acceptors (Lipinski definition) is 3. The van der Waals surface area contributed by atoms with Gasteiger partial charge in [0.25, 0.3) is 0 Å². The first-order valence-electron chi connectivity index (χ1n) is 5.66. The Balaban J connectivity index is 2.41. The first-order chi connectivity index (χ1) is 8.77. The fraction of sp³-hybridized carbons (Fsp3) is 0.0714. The van der Waals surface area contributed by atoms with Crippen molar-refractivity contribution in [1.82, 2.24) is 15.2 Å². The van der Waals surface area contributed by atoms with Gasteiger partial charge in [0.2, 0.25) is 0 Å². The van der Waals surface area contributed by atoms with Crippen molar-refractivity contribution in [3.8, 4) is 11.3 Å². The van der Waals surface area contributed by atoms with E-state index in [1.54, 1.807) is 6.20 Å². The molecule has 1 aromatic carbocycles. The van der Waals surface area contributed by atoms with E-state index in [4.69, 9.17) is 12.2 Å². The molecule has 0 fully saturated rings. The van der Waals surface area contributed by atoms with E-state index in [1.165, 1.54) is 0 Å². The molecule has 0 unspecified atom stereocenters. The first-order valence-corrected chi connectivity index (χ1v) is 6.06. The van der Waals surface area contributed by atoms with Crippen molar-refractivity contribution in [2.45, 2.75) is 6.92 Å². The SMILES string of the molecule is Cc1ccncc1-c1n[nH]c(=S)c2ccccc12. The van der Waals surface area contributed by atoms with Gasteiger partial charge in [-0.2, -0.15) is 5.10 Å². The molecule has 0 amide bonds. The number of fused-ring (bicyclic) bond motifs is 1. The van der Waals surface area contributed by atoms with Gasteiger partial charge in [0.15, 0.2) is 0 Å². The van der Waals surface area contributed by atoms with Crippen LogP contribution in [0, 0.1) is 11.6 Å². The summed E-state index contributed by atoms with van der Waals surface area (Å²) in [4.78, 5) is 4.17. The Morgan fingerprint density at radius 3 is 2.67 bits per heavy atom. The molecule has 0 radical (unpaired) electrons. The summed E-state index contributed by atoms with van der Waals surface area (Å²) >= 11 is 5.26. The van der Waals surface area contributed by atoms with Crippen LogP contribution in [-0.2, 0) is 0 Å². The molecule has 3 nitrogen and oxygen atoms in total. The van der Waals surface area contributed by atoms with Crippen LogP contribution in [0.1, 0.15) is 5.56 Å². The van der Waals surface area contributed by atoms with E-state index in [0.717, 1.165) is 27.6 Å². The monoisotopic (exact) mass is 253 g/mol. The van der Waals surface area contributed by atoms with Gasteiger partial charge < -0.3 is 0 Å². The molecule has 0 bridgehead atoms. The predicted octanol–water partition coefficient (Wildman–Crippen LogP) is 3.66. The third-order valence-electron chi connectivity index (χ3n) is 2.99. The van der Waals surface area contributed by atoms with Crippen LogP contribution >= 0.6 is 12.2 Å². The molecule has 88 valence electrons. The minimum Gasteiger partial charge on any atom is -0.267 e. The number of H-pyrrole nitrogens is 1. The Morgan fingerprint density at radius 2 is 1.89 bits per heavy atom. The minimum absolute atomic E-state index is 0.663. The standard InChI is InChI=1S/C14H11N3S/c1-9-6-7-15-8-12(9)13-10-4-2-3-5-11(10)14(18)17-16-13/h2-8H,1H3,(H,17,18). The number of rotatable bonds is 1. The fourth-order valence-electron chi connectivity index (χ4n) is 2.03. The Labute approximate surface area is 110 Å². The molecule has 3 aromatic rings. The Hall–Kier alpha value is -2.07. The van der Waals surface area contributed by atoms with Crippen LogP contribution in [0.2, 0.25) is 0 Å². The Kier molecular flexibility index (Phi) is 2.64. The molecular formula is C14H11N3S. The molecule has 0 saturated carbocycles. The average molecular weight is 253 g/mol. The van der Waals surface area contributed by atoms with Crippen molar-refractivity contribution in [3.63, 3.8) is 0 Å². The number of aromatic nitrogens is 3. The molecule has 0 saturated heterocycles. The number of nitrogens with zero attached hydrogens (tertiary/aromatic N) is 2. The molecule has 2 heterocycles. The van der Waals surface area contributed by atoms with Crippen LogP contribution in [-0.4, -0.2) is 15.2 Å². The Morgan fingerprint density at radius 1 is 1.11 bits per heavy atom. The average Bonchev–Trinajstić information content (AvgIpc) is 2.41. The quantitative estimate of drug-likeness (QED) is 0.673. The molecule has 0 aliphatic carbocycles. The van der Waals surface area contributed by atoms with Gasteiger partial charge >= 0.3 is 0 Å². The van der Waals surface area contributed by atoms with Crippen molar-refractivity contribution >= 4 is 23.0 Å². The lowest BCUT2D eigenvalue weighted by atomic mass is 10.0. The van der Waals surface area contributed by atoms with Crippen LogP contribution in [0.15, 0.2) is 42.7 Å². The third-order valence-corrected chi connectivity index (χ3v) is 3.30. The number of aryl methyl sites for hydroxylation is 1. The van der Waals surface area contributed by atoms with Crippen molar-refractivity contribution in [3.05, 3.63) is 52.9 Å². The zero-order chi connectivity index (χ0) is 12.5. The van der Waals surface area contributed by atoms with Crippen LogP contribution in [0.25, 0.3) is 22.0 Å². The molecule has 0 aliphatic heterocycles. The highest BCUT2D eigenvalue weighted by Crippen LogP contribution is 2.27. The van der Waals surface area contributed by atoms with Gasteiger partial charge in [0.05, 0.1) is 0 Å². The first kappa shape index (κ1) is 11.0. The summed E-state index contributed by atoms with van der Waals surface area (Å²) in [5.74, 6) is 0. The molecule has 1 N–H and O–H groups in total. The second-order valence-electron chi connectivity index (χ2n) is 4.14. The van der Waals surface area contributed by atoms with E-state index in [0.29, 0.717) is 4.64 Å². The smallest absolute Gasteiger partial charge is 0.127 e. The van der Waals surface area contributed by atoms with Gasteiger partial charge in [-0.3, -0.25) is 10.1 Å². The van der Waals surface area contributed by atoms with E-state index < -0.39 is 0 Å². The van der Waals surface area contributed by atoms with Gasteiger partial charge in [-0.25, -0.2) is 0 Å². The molecular weight excluding hydrogens is 242 g/mol. The van der Waals surface area contributed by atoms with Gasteiger partial charge in [0.1, 0.15) is 10.3 Å². The molecule has 0 atom stereocenters. The maximum Gasteiger partial charge on any atom is 0.127 e. The molecule has 18 heavy (non-hydrogen) atoms. The normalized spacial score (nSPS) is 10.7. The maximum absolute atomic E-state index is 5.26. The highest BCUT2D eigenvalue weighted by molar-refractivity contribution is 7.71. The van der Waals surface area contributed by atoms with Crippen molar-refractivity contribution in [2.24, 2.45) is 0 Å². The lowest BCUT2D eigenvalue weighted by molar-refractivity contribution is 1.04. The second-order valence-corrected chi connectivity index (χ2v) is 4.55. The van der Waals surface area contributed by atoms with Crippen molar-refractivity contribution in [2.75, 3.05) is 0 Å². The van der Waals surface area contributed by atoms with E-state index >= 15 is 0 Å². The molecule has 2 aromatic heterocycles. The number of nitrogens with one attached hydrogen (secondary N) is 1. The summed E-state index contributed by atoms with van der Waals surface area (Å²) in [5.41, 5.74) is 3.07. The number of hydrogen-bond donors (Lipinski definition) is 1. The van der Waals surface area contributed by atoms with Gasteiger partial charge in [-0.05, 0) is 18.6 Å². The molecule has 0 aliphatic rings. The third kappa shape index (κ3) is 1.71. The maximum atomic E-state index is 5.26. The van der Waals surface area contributed by atoms with Crippen LogP contribution in [0.4, 0.5) is 0 Å². The second kappa shape index (κ2) is 4.31. The van der Waals surface area contributed by atoms with Crippen LogP contribution in [0.3, 0.4) is 0 Å². The highest BCUT2D eigenvalue weighted by Gasteiger charge is 2.08. The van der Waals surface area contributed by atoms with Gasteiger partial charge in [0, 0.05) is 28.7 Å². The van der Waals surface area contributed by atoms with E-state index in [9.17, 15) is 0 Å². The minimum atomic E-state index is 0.663. The van der Waals surface area contributed by atoms with Gasteiger partial charge in [-0.15, -0.1) is 0 Å². The largest absolute Gasteiger partial charge is 0.267 e. The Bertz CT molecular complexity index is 777. The topological polar surface area (TPSA) is 41.6 Å². The number of benzene rings is 1. The predicted molar refractivity (Wildman–Crippen MR) is 74.9 cm³/mol. The van der Waals surface area contributed by atoms with E-state index in [1.807, 2.05) is 36.5 Å².